The van der Waals surface area contributed by atoms with Gasteiger partial charge >= 0.3 is 0 Å². The average molecular weight is 749 g/mol. The van der Waals surface area contributed by atoms with E-state index in [0.29, 0.717) is 33.0 Å². The monoisotopic (exact) mass is 748 g/mol. The predicted molar refractivity (Wildman–Crippen MR) is 225 cm³/mol. The molecule has 6 aromatic carbocycles. The van der Waals surface area contributed by atoms with Crippen molar-refractivity contribution in [3.8, 4) is 23.0 Å². The van der Waals surface area contributed by atoms with Gasteiger partial charge in [0.05, 0.1) is 0 Å². The largest absolute Gasteiger partial charge is 0.485 e. The molecule has 7 heteroatoms. The zero-order valence-electron chi connectivity index (χ0n) is 32.5. The topological polar surface area (TPSA) is 67.2 Å². The Morgan fingerprint density at radius 1 is 0.393 bits per heavy atom. The fourth-order valence-electron chi connectivity index (χ4n) is 6.46. The van der Waals surface area contributed by atoms with E-state index in [2.05, 4.69) is 89.6 Å². The zero-order valence-corrected chi connectivity index (χ0v) is 32.5. The molecule has 0 amide bonds. The molecule has 1 radical (unpaired) electrons. The van der Waals surface area contributed by atoms with Gasteiger partial charge in [0.15, 0.2) is 23.0 Å². The van der Waals surface area contributed by atoms with Gasteiger partial charge in [0.2, 0.25) is 0 Å². The van der Waals surface area contributed by atoms with E-state index in [9.17, 15) is 0 Å². The third-order valence-corrected chi connectivity index (χ3v) is 9.51. The quantitative estimate of drug-likeness (QED) is 0.0650. The Kier molecular flexibility index (Phi) is 15.8. The van der Waals surface area contributed by atoms with Gasteiger partial charge < -0.3 is 23.8 Å². The molecule has 56 heavy (non-hydrogen) atoms. The number of nitrogens with one attached hydrogen (secondary N) is 1. The van der Waals surface area contributed by atoms with Crippen LogP contribution < -0.4 is 24.7 Å². The van der Waals surface area contributed by atoms with E-state index in [1.807, 2.05) is 84.9 Å². The molecule has 0 saturated heterocycles. The van der Waals surface area contributed by atoms with Crippen molar-refractivity contribution < 1.29 is 18.9 Å². The maximum atomic E-state index is 7.58. The second-order valence-corrected chi connectivity index (χ2v) is 14.1. The van der Waals surface area contributed by atoms with Crippen LogP contribution in [-0.4, -0.2) is 43.0 Å². The summed E-state index contributed by atoms with van der Waals surface area (Å²) in [5.74, 6) is 2.91. The molecule has 0 aliphatic carbocycles. The Morgan fingerprint density at radius 3 is 1.12 bits per heavy atom. The number of hydrogen-bond acceptors (Lipinski definition) is 6. The van der Waals surface area contributed by atoms with Crippen molar-refractivity contribution in [2.45, 2.75) is 52.4 Å². The molecule has 0 unspecified atom stereocenters. The summed E-state index contributed by atoms with van der Waals surface area (Å²) in [6, 6.07) is 53.5. The standard InChI is InChI=1S/C49H54N3O4/c1-51(29-14-28-50)30-15-31-52(34-44-24-26-46(53-36-40-16-6-2-7-17-40)48(32-44)55-38-42-20-10-4-11-21-42)35-45-25-27-47(54-37-41-18-8-3-9-19-41)49(33-45)56-39-43-22-12-5-13-23-43/h2-13,16-27,32-33,50H,14-15,28-31,34-39H2,1H3. The summed E-state index contributed by atoms with van der Waals surface area (Å²) in [6.07, 6.45) is 1.88. The molecule has 0 spiro atoms. The summed E-state index contributed by atoms with van der Waals surface area (Å²) in [4.78, 5) is 4.81. The molecule has 0 bridgehead atoms. The Labute approximate surface area is 333 Å². The fourth-order valence-corrected chi connectivity index (χ4v) is 6.46. The minimum absolute atomic E-state index is 0.449. The van der Waals surface area contributed by atoms with Crippen LogP contribution in [-0.2, 0) is 39.5 Å². The Balaban J connectivity index is 1.22. The molecule has 0 aliphatic rings. The lowest BCUT2D eigenvalue weighted by Gasteiger charge is -2.25. The minimum atomic E-state index is 0.449. The highest BCUT2D eigenvalue weighted by molar-refractivity contribution is 5.45. The first-order chi connectivity index (χ1) is 27.6. The molecule has 0 fully saturated rings. The first-order valence-electron chi connectivity index (χ1n) is 19.6. The third kappa shape index (κ3) is 13.3. The summed E-state index contributed by atoms with van der Waals surface area (Å²) < 4.78 is 25.6. The average Bonchev–Trinajstić information content (AvgIpc) is 3.25. The summed E-state index contributed by atoms with van der Waals surface area (Å²) in [7, 11) is 2.15. The Bertz CT molecular complexity index is 1860. The normalized spacial score (nSPS) is 11.1. The molecule has 6 aromatic rings. The lowest BCUT2D eigenvalue weighted by atomic mass is 10.1. The van der Waals surface area contributed by atoms with E-state index in [-0.39, 0.29) is 0 Å². The number of hydrogen-bond donors (Lipinski definition) is 0. The molecule has 0 heterocycles. The van der Waals surface area contributed by atoms with Crippen LogP contribution in [0.15, 0.2) is 158 Å². The van der Waals surface area contributed by atoms with Crippen molar-refractivity contribution in [2.24, 2.45) is 0 Å². The van der Waals surface area contributed by atoms with E-state index in [1.165, 1.54) is 0 Å². The molecule has 0 aliphatic heterocycles. The first kappa shape index (κ1) is 40.1. The Morgan fingerprint density at radius 2 is 0.750 bits per heavy atom. The van der Waals surface area contributed by atoms with E-state index in [0.717, 1.165) is 102 Å². The first-order valence-corrected chi connectivity index (χ1v) is 19.6. The maximum Gasteiger partial charge on any atom is 0.162 e. The van der Waals surface area contributed by atoms with Gasteiger partial charge in [-0.3, -0.25) is 10.6 Å². The van der Waals surface area contributed by atoms with Crippen LogP contribution >= 0.6 is 0 Å². The molecular weight excluding hydrogens is 695 g/mol. The third-order valence-electron chi connectivity index (χ3n) is 9.51. The van der Waals surface area contributed by atoms with Crippen LogP contribution in [0.2, 0.25) is 0 Å². The van der Waals surface area contributed by atoms with E-state index in [1.54, 1.807) is 0 Å². The molecule has 0 saturated carbocycles. The smallest absolute Gasteiger partial charge is 0.162 e. The number of nitrogens with zero attached hydrogens (tertiary/aromatic N) is 2. The van der Waals surface area contributed by atoms with Crippen molar-refractivity contribution >= 4 is 0 Å². The highest BCUT2D eigenvalue weighted by atomic mass is 16.5. The minimum Gasteiger partial charge on any atom is -0.485 e. The van der Waals surface area contributed by atoms with Gasteiger partial charge in [-0.1, -0.05) is 133 Å². The van der Waals surface area contributed by atoms with Crippen LogP contribution in [0.1, 0.15) is 46.2 Å². The number of benzene rings is 6. The van der Waals surface area contributed by atoms with Gasteiger partial charge in [0, 0.05) is 26.2 Å². The van der Waals surface area contributed by atoms with Crippen molar-refractivity contribution in [1.29, 1.82) is 0 Å². The SMILES string of the molecule is CN(CCC[NH])CCCN(Cc1ccc(OCc2ccccc2)c(OCc2ccccc2)c1)Cc1ccc(OCc2ccccc2)c(OCc2ccccc2)c1. The van der Waals surface area contributed by atoms with Gasteiger partial charge in [0.1, 0.15) is 26.4 Å². The summed E-state index contributed by atoms with van der Waals surface area (Å²) in [6.45, 7) is 6.51. The molecule has 1 N–H and O–H groups in total. The van der Waals surface area contributed by atoms with Gasteiger partial charge in [-0.25, -0.2) is 0 Å². The van der Waals surface area contributed by atoms with Crippen LogP contribution in [0, 0.1) is 0 Å². The Hall–Kier alpha value is -5.60. The molecule has 0 atom stereocenters. The maximum absolute atomic E-state index is 7.58. The summed E-state index contributed by atoms with van der Waals surface area (Å²) in [5, 5.41) is 0. The molecule has 0 aromatic heterocycles. The van der Waals surface area contributed by atoms with Gasteiger partial charge in [0.25, 0.3) is 0 Å². The second-order valence-electron chi connectivity index (χ2n) is 14.1. The van der Waals surface area contributed by atoms with Crippen molar-refractivity contribution in [2.75, 3.05) is 33.2 Å². The second kappa shape index (κ2) is 22.1. The summed E-state index contributed by atoms with van der Waals surface area (Å²) in [5.41, 5.74) is 14.3. The van der Waals surface area contributed by atoms with Crippen LogP contribution in [0.4, 0.5) is 0 Å². The van der Waals surface area contributed by atoms with E-state index >= 15 is 0 Å². The predicted octanol–water partition coefficient (Wildman–Crippen LogP) is 10.00. The zero-order chi connectivity index (χ0) is 38.6. The molecule has 7 nitrogen and oxygen atoms in total. The lowest BCUT2D eigenvalue weighted by Crippen LogP contribution is -2.28. The van der Waals surface area contributed by atoms with Crippen molar-refractivity contribution in [1.82, 2.24) is 15.5 Å². The highest BCUT2D eigenvalue weighted by Crippen LogP contribution is 2.33. The van der Waals surface area contributed by atoms with Crippen LogP contribution in [0.5, 0.6) is 23.0 Å². The highest BCUT2D eigenvalue weighted by Gasteiger charge is 2.15. The molecular formula is C49H54N3O4. The molecule has 6 rings (SSSR count). The molecule has 289 valence electrons. The lowest BCUT2D eigenvalue weighted by molar-refractivity contribution is 0.227. The van der Waals surface area contributed by atoms with Crippen molar-refractivity contribution in [3.05, 3.63) is 191 Å². The van der Waals surface area contributed by atoms with E-state index in [4.69, 9.17) is 24.7 Å². The number of rotatable bonds is 23. The van der Waals surface area contributed by atoms with Crippen LogP contribution in [0.25, 0.3) is 0 Å². The van der Waals surface area contributed by atoms with Gasteiger partial charge in [-0.05, 0) is 90.6 Å². The van der Waals surface area contributed by atoms with Gasteiger partial charge in [-0.2, -0.15) is 0 Å². The van der Waals surface area contributed by atoms with Crippen LogP contribution in [0.3, 0.4) is 0 Å². The van der Waals surface area contributed by atoms with Gasteiger partial charge in [-0.15, -0.1) is 0 Å². The number of ether oxygens (including phenoxy) is 4. The van der Waals surface area contributed by atoms with Crippen molar-refractivity contribution in [3.63, 3.8) is 0 Å². The summed E-state index contributed by atoms with van der Waals surface area (Å²) >= 11 is 0. The van der Waals surface area contributed by atoms with E-state index < -0.39 is 0 Å². The fraction of sp³-hybridized carbons (Fsp3) is 0.265.